The predicted octanol–water partition coefficient (Wildman–Crippen LogP) is 6.21. The van der Waals surface area contributed by atoms with Crippen molar-refractivity contribution in [3.63, 3.8) is 0 Å². The second-order valence-electron chi connectivity index (χ2n) is 7.26. The number of nitroso groups, excluding NO2 is 3. The van der Waals surface area contributed by atoms with E-state index in [0.29, 0.717) is 22.9 Å². The van der Waals surface area contributed by atoms with Gasteiger partial charge in [0.25, 0.3) is 0 Å². The molecule has 0 saturated heterocycles. The van der Waals surface area contributed by atoms with Crippen LogP contribution in [0.4, 0.5) is 17.1 Å². The van der Waals surface area contributed by atoms with E-state index < -0.39 is 0 Å². The van der Waals surface area contributed by atoms with Crippen molar-refractivity contribution in [3.05, 3.63) is 86.0 Å². The van der Waals surface area contributed by atoms with Gasteiger partial charge in [0.15, 0.2) is 17.2 Å². The van der Waals surface area contributed by atoms with Crippen LogP contribution >= 0.6 is 0 Å². The van der Waals surface area contributed by atoms with Crippen molar-refractivity contribution in [1.29, 1.82) is 0 Å². The molecule has 0 spiro atoms. The van der Waals surface area contributed by atoms with E-state index in [2.05, 4.69) is 15.5 Å². The SMILES string of the molecule is COc1cc(C2COc3cc(N=O)ccc3C2c2ccc(N=O)cc2)cc(OC)c1N=O. The Bertz CT molecular complexity index is 1150. The largest absolute Gasteiger partial charge is 0.494 e. The monoisotopic (exact) mass is 433 g/mol. The van der Waals surface area contributed by atoms with Gasteiger partial charge in [0.2, 0.25) is 0 Å². The van der Waals surface area contributed by atoms with Crippen LogP contribution in [0.25, 0.3) is 0 Å². The highest BCUT2D eigenvalue weighted by Crippen LogP contribution is 2.49. The molecule has 9 heteroatoms. The molecule has 1 heterocycles. The number of ether oxygens (including phenoxy) is 3. The first kappa shape index (κ1) is 21.1. The fourth-order valence-corrected chi connectivity index (χ4v) is 4.12. The third kappa shape index (κ3) is 3.68. The fraction of sp³-hybridized carbons (Fsp3) is 0.217. The third-order valence-corrected chi connectivity index (χ3v) is 5.64. The third-order valence-electron chi connectivity index (χ3n) is 5.64. The normalized spacial score (nSPS) is 16.9. The summed E-state index contributed by atoms with van der Waals surface area (Å²) in [4.78, 5) is 33.2. The van der Waals surface area contributed by atoms with E-state index in [-0.39, 0.29) is 29.8 Å². The predicted molar refractivity (Wildman–Crippen MR) is 119 cm³/mol. The van der Waals surface area contributed by atoms with E-state index in [9.17, 15) is 14.7 Å². The summed E-state index contributed by atoms with van der Waals surface area (Å²) in [7, 11) is 2.91. The highest BCUT2D eigenvalue weighted by atomic mass is 16.5. The molecule has 162 valence electrons. The van der Waals surface area contributed by atoms with E-state index in [1.54, 1.807) is 36.4 Å². The Kier molecular flexibility index (Phi) is 5.89. The molecule has 0 N–H and O–H groups in total. The standard InChI is InChI=1S/C23H19N3O6/c1-30-20-9-14(10-21(31-2)23(20)26-29)18-12-32-19-11-16(25-28)7-8-17(19)22(18)13-3-5-15(24-27)6-4-13/h3-11,18,22H,12H2,1-2H3. The van der Waals surface area contributed by atoms with Gasteiger partial charge in [-0.15, -0.1) is 14.7 Å². The minimum absolute atomic E-state index is 0.0792. The second-order valence-corrected chi connectivity index (χ2v) is 7.26. The Hall–Kier alpha value is -4.14. The van der Waals surface area contributed by atoms with Crippen molar-refractivity contribution < 1.29 is 14.2 Å². The number of hydrogen-bond donors (Lipinski definition) is 0. The first-order valence-corrected chi connectivity index (χ1v) is 9.76. The van der Waals surface area contributed by atoms with Crippen molar-refractivity contribution >= 4 is 17.1 Å². The Labute approximate surface area is 183 Å². The summed E-state index contributed by atoms with van der Waals surface area (Å²) in [5.74, 6) is 0.756. The van der Waals surface area contributed by atoms with Crippen LogP contribution in [0.1, 0.15) is 28.5 Å². The molecule has 0 saturated carbocycles. The van der Waals surface area contributed by atoms with Crippen LogP contribution in [-0.2, 0) is 0 Å². The number of fused-ring (bicyclic) bond motifs is 1. The van der Waals surface area contributed by atoms with Crippen LogP contribution in [0, 0.1) is 14.7 Å². The lowest BCUT2D eigenvalue weighted by Crippen LogP contribution is -2.25. The average Bonchev–Trinajstić information content (AvgIpc) is 2.86. The smallest absolute Gasteiger partial charge is 0.191 e. The van der Waals surface area contributed by atoms with E-state index in [1.807, 2.05) is 18.2 Å². The number of nitrogens with zero attached hydrogens (tertiary/aromatic N) is 3. The maximum atomic E-state index is 11.3. The zero-order valence-electron chi connectivity index (χ0n) is 17.3. The molecule has 0 bridgehead atoms. The van der Waals surface area contributed by atoms with E-state index in [4.69, 9.17) is 14.2 Å². The summed E-state index contributed by atoms with van der Waals surface area (Å²) >= 11 is 0. The van der Waals surface area contributed by atoms with Crippen molar-refractivity contribution in [1.82, 2.24) is 0 Å². The van der Waals surface area contributed by atoms with Gasteiger partial charge in [0, 0.05) is 23.5 Å². The maximum absolute atomic E-state index is 11.3. The van der Waals surface area contributed by atoms with Crippen molar-refractivity contribution in [2.24, 2.45) is 15.5 Å². The molecular weight excluding hydrogens is 414 g/mol. The quantitative estimate of drug-likeness (QED) is 0.409. The summed E-state index contributed by atoms with van der Waals surface area (Å²) in [6.45, 7) is 0.286. The van der Waals surface area contributed by atoms with Gasteiger partial charge in [0.05, 0.1) is 20.8 Å². The number of hydrogen-bond acceptors (Lipinski definition) is 9. The molecule has 3 aromatic rings. The van der Waals surface area contributed by atoms with Gasteiger partial charge in [-0.2, -0.15) is 0 Å². The highest BCUT2D eigenvalue weighted by molar-refractivity contribution is 5.65. The lowest BCUT2D eigenvalue weighted by Gasteiger charge is -2.35. The Morgan fingerprint density at radius 3 is 1.97 bits per heavy atom. The zero-order chi connectivity index (χ0) is 22.7. The number of benzene rings is 3. The van der Waals surface area contributed by atoms with Gasteiger partial charge >= 0.3 is 0 Å². The molecular formula is C23H19N3O6. The van der Waals surface area contributed by atoms with Gasteiger partial charge in [-0.1, -0.05) is 18.2 Å². The van der Waals surface area contributed by atoms with Crippen LogP contribution in [0.5, 0.6) is 17.2 Å². The summed E-state index contributed by atoms with van der Waals surface area (Å²) in [6, 6.07) is 15.5. The Morgan fingerprint density at radius 1 is 0.781 bits per heavy atom. The molecule has 1 aliphatic heterocycles. The van der Waals surface area contributed by atoms with Crippen LogP contribution in [0.15, 0.2) is 70.1 Å². The number of methoxy groups -OCH3 is 2. The Balaban J connectivity index is 1.89. The molecule has 4 rings (SSSR count). The van der Waals surface area contributed by atoms with Crippen molar-refractivity contribution in [2.45, 2.75) is 11.8 Å². The molecule has 2 atom stereocenters. The van der Waals surface area contributed by atoms with Crippen molar-refractivity contribution in [3.8, 4) is 17.2 Å². The molecule has 3 aromatic carbocycles. The Morgan fingerprint density at radius 2 is 1.41 bits per heavy atom. The molecule has 0 fully saturated rings. The van der Waals surface area contributed by atoms with E-state index >= 15 is 0 Å². The molecule has 9 nitrogen and oxygen atoms in total. The molecule has 0 radical (unpaired) electrons. The van der Waals surface area contributed by atoms with Crippen LogP contribution in [-0.4, -0.2) is 20.8 Å². The summed E-state index contributed by atoms with van der Waals surface area (Å²) in [5, 5.41) is 9.00. The lowest BCUT2D eigenvalue weighted by molar-refractivity contribution is 0.248. The van der Waals surface area contributed by atoms with Gasteiger partial charge in [-0.05, 0) is 57.0 Å². The molecule has 0 amide bonds. The van der Waals surface area contributed by atoms with E-state index in [1.165, 1.54) is 14.2 Å². The van der Waals surface area contributed by atoms with Gasteiger partial charge in [-0.25, -0.2) is 0 Å². The first-order chi connectivity index (χ1) is 15.6. The van der Waals surface area contributed by atoms with Gasteiger partial charge in [-0.3, -0.25) is 0 Å². The summed E-state index contributed by atoms with van der Waals surface area (Å²) < 4.78 is 16.7. The van der Waals surface area contributed by atoms with Crippen LogP contribution in [0.3, 0.4) is 0 Å². The molecule has 32 heavy (non-hydrogen) atoms. The molecule has 1 aliphatic rings. The molecule has 2 unspecified atom stereocenters. The first-order valence-electron chi connectivity index (χ1n) is 9.76. The average molecular weight is 433 g/mol. The van der Waals surface area contributed by atoms with E-state index in [0.717, 1.165) is 16.7 Å². The van der Waals surface area contributed by atoms with Gasteiger partial charge in [0.1, 0.15) is 17.1 Å². The topological polar surface area (TPSA) is 116 Å². The highest BCUT2D eigenvalue weighted by Gasteiger charge is 2.35. The number of rotatable bonds is 7. The minimum atomic E-state index is -0.198. The van der Waals surface area contributed by atoms with Crippen molar-refractivity contribution in [2.75, 3.05) is 20.8 Å². The second kappa shape index (κ2) is 8.93. The van der Waals surface area contributed by atoms with Crippen LogP contribution in [0.2, 0.25) is 0 Å². The summed E-state index contributed by atoms with van der Waals surface area (Å²) in [5.41, 5.74) is 3.27. The zero-order valence-corrected chi connectivity index (χ0v) is 17.3. The van der Waals surface area contributed by atoms with Crippen LogP contribution < -0.4 is 14.2 Å². The molecule has 0 aromatic heterocycles. The summed E-state index contributed by atoms with van der Waals surface area (Å²) in [6.07, 6.45) is 0. The van der Waals surface area contributed by atoms with Gasteiger partial charge < -0.3 is 14.2 Å². The fourth-order valence-electron chi connectivity index (χ4n) is 4.12. The minimum Gasteiger partial charge on any atom is -0.494 e. The lowest BCUT2D eigenvalue weighted by atomic mass is 9.75. The molecule has 0 aliphatic carbocycles. The maximum Gasteiger partial charge on any atom is 0.191 e.